The molecule has 1 aliphatic rings. The molecule has 0 spiro atoms. The van der Waals surface area contributed by atoms with Crippen LogP contribution in [-0.2, 0) is 18.3 Å². The lowest BCUT2D eigenvalue weighted by Crippen LogP contribution is -2.32. The fourth-order valence-corrected chi connectivity index (χ4v) is 2.91. The molecule has 2 heterocycles. The Hall–Kier alpha value is -2.01. The van der Waals surface area contributed by atoms with E-state index in [0.29, 0.717) is 18.1 Å². The first kappa shape index (κ1) is 14.9. The zero-order valence-corrected chi connectivity index (χ0v) is 13.6. The number of nitrogens with one attached hydrogen (secondary N) is 1. The fourth-order valence-electron chi connectivity index (χ4n) is 2.71. The summed E-state index contributed by atoms with van der Waals surface area (Å²) in [5, 5.41) is 7.94. The molecule has 1 atom stereocenters. The molecule has 1 aromatic heterocycles. The molecule has 1 amide bonds. The highest BCUT2D eigenvalue weighted by Gasteiger charge is 2.27. The molecule has 116 valence electrons. The molecule has 0 fully saturated rings. The largest absolute Gasteiger partial charge is 0.492 e. The van der Waals surface area contributed by atoms with Crippen LogP contribution in [0.15, 0.2) is 18.2 Å². The van der Waals surface area contributed by atoms with Crippen LogP contribution in [0.4, 0.5) is 5.69 Å². The highest BCUT2D eigenvalue weighted by Crippen LogP contribution is 2.30. The number of carbonyl (C=O) groups is 1. The molecule has 0 bridgehead atoms. The smallest absolute Gasteiger partial charge is 0.231 e. The van der Waals surface area contributed by atoms with Crippen molar-refractivity contribution >= 4 is 23.2 Å². The average Bonchev–Trinajstić information content (AvgIpc) is 2.72. The molecule has 0 saturated carbocycles. The van der Waals surface area contributed by atoms with Crippen LogP contribution in [0, 0.1) is 19.8 Å². The number of benzene rings is 1. The maximum atomic E-state index is 12.5. The Kier molecular flexibility index (Phi) is 3.83. The third kappa shape index (κ3) is 2.68. The molecule has 6 heteroatoms. The zero-order chi connectivity index (χ0) is 15.9. The van der Waals surface area contributed by atoms with Gasteiger partial charge in [0.15, 0.2) is 0 Å². The van der Waals surface area contributed by atoms with Gasteiger partial charge in [-0.05, 0) is 44.0 Å². The van der Waals surface area contributed by atoms with E-state index in [1.54, 1.807) is 10.7 Å². The van der Waals surface area contributed by atoms with Crippen molar-refractivity contribution in [2.75, 3.05) is 11.9 Å². The number of nitrogens with zero attached hydrogens (tertiary/aromatic N) is 2. The van der Waals surface area contributed by atoms with Gasteiger partial charge in [0.25, 0.3) is 0 Å². The summed E-state index contributed by atoms with van der Waals surface area (Å²) in [4.78, 5) is 12.5. The van der Waals surface area contributed by atoms with Gasteiger partial charge in [-0.15, -0.1) is 0 Å². The van der Waals surface area contributed by atoms with Crippen molar-refractivity contribution in [3.8, 4) is 5.75 Å². The predicted molar refractivity (Wildman–Crippen MR) is 85.5 cm³/mol. The number of halogens is 1. The standard InChI is InChI=1S/C16H18ClN3O2/c1-9-15(10(2)20(3)19-9)18-16(21)12-6-11-7-13(17)4-5-14(11)22-8-12/h4-5,7,12H,6,8H2,1-3H3,(H,18,21). The minimum Gasteiger partial charge on any atom is -0.492 e. The van der Waals surface area contributed by atoms with Crippen LogP contribution in [0.5, 0.6) is 5.75 Å². The van der Waals surface area contributed by atoms with Crippen LogP contribution in [0.2, 0.25) is 5.02 Å². The van der Waals surface area contributed by atoms with Gasteiger partial charge in [0.05, 0.1) is 23.0 Å². The van der Waals surface area contributed by atoms with Gasteiger partial charge in [-0.1, -0.05) is 11.6 Å². The van der Waals surface area contributed by atoms with Crippen molar-refractivity contribution in [3.63, 3.8) is 0 Å². The zero-order valence-electron chi connectivity index (χ0n) is 12.8. The molecule has 3 rings (SSSR count). The van der Waals surface area contributed by atoms with Crippen molar-refractivity contribution in [1.82, 2.24) is 9.78 Å². The van der Waals surface area contributed by atoms with E-state index in [2.05, 4.69) is 10.4 Å². The molecule has 0 radical (unpaired) electrons. The van der Waals surface area contributed by atoms with Crippen molar-refractivity contribution in [2.45, 2.75) is 20.3 Å². The van der Waals surface area contributed by atoms with Gasteiger partial charge < -0.3 is 10.1 Å². The number of fused-ring (bicyclic) bond motifs is 1. The van der Waals surface area contributed by atoms with Crippen molar-refractivity contribution in [3.05, 3.63) is 40.2 Å². The van der Waals surface area contributed by atoms with E-state index < -0.39 is 0 Å². The normalized spacial score (nSPS) is 16.8. The predicted octanol–water partition coefficient (Wildman–Crippen LogP) is 2.88. The number of carbonyl (C=O) groups excluding carboxylic acids is 1. The lowest BCUT2D eigenvalue weighted by Gasteiger charge is -2.24. The molecule has 1 aliphatic heterocycles. The second kappa shape index (κ2) is 5.65. The van der Waals surface area contributed by atoms with Crippen molar-refractivity contribution < 1.29 is 9.53 Å². The Morgan fingerprint density at radius 1 is 1.45 bits per heavy atom. The summed E-state index contributed by atoms with van der Waals surface area (Å²) < 4.78 is 7.44. The number of aromatic nitrogens is 2. The summed E-state index contributed by atoms with van der Waals surface area (Å²) in [6, 6.07) is 5.50. The number of hydrogen-bond acceptors (Lipinski definition) is 3. The van der Waals surface area contributed by atoms with Gasteiger partial charge in [-0.25, -0.2) is 0 Å². The summed E-state index contributed by atoms with van der Waals surface area (Å²) in [6.07, 6.45) is 0.625. The first-order chi connectivity index (χ1) is 10.5. The number of hydrogen-bond donors (Lipinski definition) is 1. The van der Waals surface area contributed by atoms with Crippen LogP contribution in [-0.4, -0.2) is 22.3 Å². The fraction of sp³-hybridized carbons (Fsp3) is 0.375. The molecule has 1 unspecified atom stereocenters. The third-order valence-corrected chi connectivity index (χ3v) is 4.29. The molecule has 5 nitrogen and oxygen atoms in total. The molecule has 2 aromatic rings. The van der Waals surface area contributed by atoms with Crippen molar-refractivity contribution in [1.29, 1.82) is 0 Å². The Balaban J connectivity index is 1.77. The van der Waals surface area contributed by atoms with Crippen LogP contribution < -0.4 is 10.1 Å². The van der Waals surface area contributed by atoms with E-state index in [1.165, 1.54) is 0 Å². The summed E-state index contributed by atoms with van der Waals surface area (Å²) in [6.45, 7) is 4.19. The SMILES string of the molecule is Cc1nn(C)c(C)c1NC(=O)C1COc2ccc(Cl)cc2C1. The average molecular weight is 320 g/mol. The molecule has 0 aliphatic carbocycles. The van der Waals surface area contributed by atoms with Crippen molar-refractivity contribution in [2.24, 2.45) is 13.0 Å². The number of anilines is 1. The van der Waals surface area contributed by atoms with Crippen LogP contribution in [0.3, 0.4) is 0 Å². The summed E-state index contributed by atoms with van der Waals surface area (Å²) in [5.41, 5.74) is 3.50. The van der Waals surface area contributed by atoms with E-state index in [1.807, 2.05) is 33.0 Å². The van der Waals surface area contributed by atoms with E-state index in [-0.39, 0.29) is 11.8 Å². The van der Waals surface area contributed by atoms with E-state index in [0.717, 1.165) is 28.4 Å². The number of aryl methyl sites for hydroxylation is 2. The first-order valence-electron chi connectivity index (χ1n) is 7.18. The van der Waals surface area contributed by atoms with Crippen LogP contribution in [0.1, 0.15) is 17.0 Å². The maximum absolute atomic E-state index is 12.5. The van der Waals surface area contributed by atoms with E-state index >= 15 is 0 Å². The summed E-state index contributed by atoms with van der Waals surface area (Å²) in [5.74, 6) is 0.525. The van der Waals surface area contributed by atoms with Gasteiger partial charge in [0.1, 0.15) is 12.4 Å². The van der Waals surface area contributed by atoms with Gasteiger partial charge in [-0.2, -0.15) is 5.10 Å². The lowest BCUT2D eigenvalue weighted by molar-refractivity contribution is -0.121. The molecule has 1 N–H and O–H groups in total. The highest BCUT2D eigenvalue weighted by atomic mass is 35.5. The van der Waals surface area contributed by atoms with Gasteiger partial charge >= 0.3 is 0 Å². The minimum atomic E-state index is -0.232. The maximum Gasteiger partial charge on any atom is 0.231 e. The number of amides is 1. The van der Waals surface area contributed by atoms with Crippen LogP contribution in [0.25, 0.3) is 0 Å². The molecule has 0 saturated heterocycles. The summed E-state index contributed by atoms with van der Waals surface area (Å²) in [7, 11) is 1.86. The minimum absolute atomic E-state index is 0.0511. The first-order valence-corrected chi connectivity index (χ1v) is 7.56. The quantitative estimate of drug-likeness (QED) is 0.926. The topological polar surface area (TPSA) is 56.2 Å². The van der Waals surface area contributed by atoms with Gasteiger partial charge in [0, 0.05) is 12.1 Å². The van der Waals surface area contributed by atoms with Gasteiger partial charge in [0.2, 0.25) is 5.91 Å². The Morgan fingerprint density at radius 2 is 2.23 bits per heavy atom. The second-order valence-corrected chi connectivity index (χ2v) is 6.06. The molecular weight excluding hydrogens is 302 g/mol. The molecule has 1 aromatic carbocycles. The van der Waals surface area contributed by atoms with E-state index in [9.17, 15) is 4.79 Å². The lowest BCUT2D eigenvalue weighted by atomic mass is 9.96. The monoisotopic (exact) mass is 319 g/mol. The Bertz CT molecular complexity index is 739. The molecule has 22 heavy (non-hydrogen) atoms. The Morgan fingerprint density at radius 3 is 2.91 bits per heavy atom. The Labute approximate surface area is 134 Å². The molecular formula is C16H18ClN3O2. The number of rotatable bonds is 2. The second-order valence-electron chi connectivity index (χ2n) is 5.62. The highest BCUT2D eigenvalue weighted by molar-refractivity contribution is 6.30. The van der Waals surface area contributed by atoms with E-state index in [4.69, 9.17) is 16.3 Å². The van der Waals surface area contributed by atoms with Gasteiger partial charge in [-0.3, -0.25) is 9.48 Å². The van der Waals surface area contributed by atoms with Crippen LogP contribution >= 0.6 is 11.6 Å². The summed E-state index contributed by atoms with van der Waals surface area (Å²) >= 11 is 6.01. The number of ether oxygens (including phenoxy) is 1. The third-order valence-electron chi connectivity index (χ3n) is 4.06.